The van der Waals surface area contributed by atoms with E-state index < -0.39 is 7.26 Å². The van der Waals surface area contributed by atoms with Gasteiger partial charge in [-0.2, -0.15) is 0 Å². The Labute approximate surface area is 220 Å². The molecule has 0 N–H and O–H groups in total. The molecule has 0 aliphatic heterocycles. The molecule has 0 spiro atoms. The summed E-state index contributed by atoms with van der Waals surface area (Å²) in [6.07, 6.45) is 43.9. The second-order valence-corrected chi connectivity index (χ2v) is 16.9. The van der Waals surface area contributed by atoms with Crippen molar-refractivity contribution in [3.05, 3.63) is 0 Å². The summed E-state index contributed by atoms with van der Waals surface area (Å²) in [5.41, 5.74) is 0. The van der Waals surface area contributed by atoms with Crippen LogP contribution >= 0.6 is 7.26 Å². The van der Waals surface area contributed by atoms with Gasteiger partial charge in [-0.25, -0.2) is 0 Å². The van der Waals surface area contributed by atoms with E-state index in [2.05, 4.69) is 27.7 Å². The van der Waals surface area contributed by atoms with Crippen molar-refractivity contribution >= 4 is 7.26 Å². The maximum absolute atomic E-state index is 2.36. The van der Waals surface area contributed by atoms with Crippen LogP contribution in [0.4, 0.5) is 0 Å². The second kappa shape index (κ2) is 28.0. The average molecular weight is 499 g/mol. The normalized spacial score (nSPS) is 12.5. The van der Waals surface area contributed by atoms with Crippen molar-refractivity contribution in [1.29, 1.82) is 0 Å². The fourth-order valence-corrected chi connectivity index (χ4v) is 11.5. The summed E-state index contributed by atoms with van der Waals surface area (Å²) >= 11 is 0. The molecule has 34 heavy (non-hydrogen) atoms. The number of rotatable bonds is 29. The molecule has 1 heteroatoms. The van der Waals surface area contributed by atoms with E-state index in [0.717, 1.165) is 0 Å². The van der Waals surface area contributed by atoms with Gasteiger partial charge in [0, 0.05) is 0 Å². The Morgan fingerprint density at radius 1 is 0.235 bits per heavy atom. The summed E-state index contributed by atoms with van der Waals surface area (Å²) in [6, 6.07) is 0. The minimum absolute atomic E-state index is 1.07. The Hall–Kier alpha value is 0.430. The summed E-state index contributed by atoms with van der Waals surface area (Å²) in [6.45, 7) is 9.40. The van der Waals surface area contributed by atoms with Crippen molar-refractivity contribution in [1.82, 2.24) is 0 Å². The zero-order valence-electron chi connectivity index (χ0n) is 25.0. The van der Waals surface area contributed by atoms with Gasteiger partial charge < -0.3 is 0 Å². The summed E-state index contributed by atoms with van der Waals surface area (Å²) in [7, 11) is -1.07. The van der Waals surface area contributed by atoms with E-state index in [1.807, 2.05) is 0 Å². The molecule has 0 heterocycles. The van der Waals surface area contributed by atoms with E-state index in [1.165, 1.54) is 135 Å². The Balaban J connectivity index is 4.59. The van der Waals surface area contributed by atoms with Crippen LogP contribution in [0.3, 0.4) is 0 Å². The monoisotopic (exact) mass is 499 g/mol. The summed E-state index contributed by atoms with van der Waals surface area (Å²) in [5.74, 6) is 0. The Bertz CT molecular complexity index is 328. The van der Waals surface area contributed by atoms with Gasteiger partial charge in [-0.3, -0.25) is 0 Å². The molecule has 0 amide bonds. The molecule has 0 saturated carbocycles. The first kappa shape index (κ1) is 34.4. The van der Waals surface area contributed by atoms with Gasteiger partial charge in [0.15, 0.2) is 0 Å². The van der Waals surface area contributed by atoms with Crippen molar-refractivity contribution in [2.45, 2.75) is 188 Å². The Morgan fingerprint density at radius 3 is 0.618 bits per heavy atom. The molecule has 0 bridgehead atoms. The van der Waals surface area contributed by atoms with Gasteiger partial charge >= 0.3 is 220 Å². The standard InChI is InChI=1S/C33H71P/c1-5-9-13-17-18-19-20-21-25-29-33-34(30-26-22-14-10-6-2,31-27-23-15-11-7-3)32-28-24-16-12-8-4/h34H,5-33H2,1-4H3. The van der Waals surface area contributed by atoms with Crippen LogP contribution < -0.4 is 0 Å². The van der Waals surface area contributed by atoms with Crippen molar-refractivity contribution in [3.8, 4) is 0 Å². The Morgan fingerprint density at radius 2 is 0.412 bits per heavy atom. The van der Waals surface area contributed by atoms with E-state index in [0.29, 0.717) is 0 Å². The molecule has 0 unspecified atom stereocenters. The fraction of sp³-hybridized carbons (Fsp3) is 1.00. The topological polar surface area (TPSA) is 0 Å². The number of unbranched alkanes of at least 4 members (excludes halogenated alkanes) is 21. The summed E-state index contributed by atoms with van der Waals surface area (Å²) in [5, 5.41) is 0. The van der Waals surface area contributed by atoms with E-state index in [-0.39, 0.29) is 0 Å². The first-order chi connectivity index (χ1) is 16.7. The van der Waals surface area contributed by atoms with Gasteiger partial charge in [0.2, 0.25) is 0 Å². The molecule has 208 valence electrons. The quantitative estimate of drug-likeness (QED) is 0.0710. The third-order valence-electron chi connectivity index (χ3n) is 8.49. The van der Waals surface area contributed by atoms with E-state index in [9.17, 15) is 0 Å². The van der Waals surface area contributed by atoms with Crippen LogP contribution in [0, 0.1) is 0 Å². The molecule has 0 atom stereocenters. The van der Waals surface area contributed by atoms with Crippen LogP contribution in [0.5, 0.6) is 0 Å². The zero-order valence-corrected chi connectivity index (χ0v) is 26.0. The predicted octanol–water partition coefficient (Wildman–Crippen LogP) is 12.6. The van der Waals surface area contributed by atoms with Crippen LogP contribution in [-0.2, 0) is 0 Å². The molecule has 0 aromatic rings. The molecule has 0 aliphatic rings. The molecule has 0 saturated heterocycles. The van der Waals surface area contributed by atoms with Crippen LogP contribution in [0.25, 0.3) is 0 Å². The van der Waals surface area contributed by atoms with Crippen molar-refractivity contribution < 1.29 is 0 Å². The molecular formula is C33H71P. The molecule has 0 rings (SSSR count). The van der Waals surface area contributed by atoms with Crippen LogP contribution in [0.1, 0.15) is 188 Å². The molecule has 0 aliphatic carbocycles. The number of hydrogen-bond donors (Lipinski definition) is 0. The maximum atomic E-state index is 2.36. The third kappa shape index (κ3) is 22.9. The van der Waals surface area contributed by atoms with Crippen molar-refractivity contribution in [3.63, 3.8) is 0 Å². The van der Waals surface area contributed by atoms with E-state index in [4.69, 9.17) is 0 Å². The third-order valence-corrected chi connectivity index (χ3v) is 14.1. The number of hydrogen-bond acceptors (Lipinski definition) is 0. The SMILES string of the molecule is CCCCCCCCCCCC[PH](CCCCCCC)(CCCCCCC)CCCCCCC. The van der Waals surface area contributed by atoms with Gasteiger partial charge in [0.1, 0.15) is 0 Å². The molecule has 0 fully saturated rings. The van der Waals surface area contributed by atoms with Crippen LogP contribution in [0.2, 0.25) is 0 Å². The van der Waals surface area contributed by atoms with Gasteiger partial charge in [-0.1, -0.05) is 0 Å². The van der Waals surface area contributed by atoms with Gasteiger partial charge in [-0.05, 0) is 0 Å². The summed E-state index contributed by atoms with van der Waals surface area (Å²) in [4.78, 5) is 0. The molecule has 0 aromatic heterocycles. The van der Waals surface area contributed by atoms with Crippen LogP contribution in [-0.4, -0.2) is 24.6 Å². The first-order valence-electron chi connectivity index (χ1n) is 16.7. The fourth-order valence-electron chi connectivity index (χ4n) is 6.05. The van der Waals surface area contributed by atoms with Gasteiger partial charge in [0.25, 0.3) is 0 Å². The first-order valence-corrected chi connectivity index (χ1v) is 19.6. The second-order valence-electron chi connectivity index (χ2n) is 11.9. The van der Waals surface area contributed by atoms with Crippen molar-refractivity contribution in [2.75, 3.05) is 24.6 Å². The minimum atomic E-state index is -1.07. The molecular weight excluding hydrogens is 427 g/mol. The molecule has 0 radical (unpaired) electrons. The summed E-state index contributed by atoms with van der Waals surface area (Å²) < 4.78 is 0. The van der Waals surface area contributed by atoms with E-state index in [1.54, 1.807) is 50.3 Å². The van der Waals surface area contributed by atoms with E-state index >= 15 is 0 Å². The van der Waals surface area contributed by atoms with Gasteiger partial charge in [-0.15, -0.1) is 0 Å². The Kier molecular flexibility index (Phi) is 28.4. The van der Waals surface area contributed by atoms with Gasteiger partial charge in [0.05, 0.1) is 0 Å². The zero-order chi connectivity index (χ0) is 25.0. The molecule has 0 nitrogen and oxygen atoms in total. The molecule has 0 aromatic carbocycles. The average Bonchev–Trinajstić information content (AvgIpc) is 2.84. The van der Waals surface area contributed by atoms with Crippen molar-refractivity contribution in [2.24, 2.45) is 0 Å². The predicted molar refractivity (Wildman–Crippen MR) is 166 cm³/mol. The van der Waals surface area contributed by atoms with Crippen LogP contribution in [0.15, 0.2) is 0 Å².